The van der Waals surface area contributed by atoms with E-state index in [1.807, 2.05) is 6.92 Å². The highest BCUT2D eigenvalue weighted by atomic mass is 16.5. The molecule has 1 saturated heterocycles. The van der Waals surface area contributed by atoms with E-state index in [1.165, 1.54) is 0 Å². The van der Waals surface area contributed by atoms with Crippen molar-refractivity contribution >= 4 is 5.91 Å². The van der Waals surface area contributed by atoms with Crippen LogP contribution in [0.3, 0.4) is 0 Å². The maximum Gasteiger partial charge on any atom is 0.254 e. The summed E-state index contributed by atoms with van der Waals surface area (Å²) < 4.78 is 5.27. The Morgan fingerprint density at radius 1 is 1.62 bits per heavy atom. The summed E-state index contributed by atoms with van der Waals surface area (Å²) in [6.07, 6.45) is 0.120. The third-order valence-electron chi connectivity index (χ3n) is 3.55. The van der Waals surface area contributed by atoms with Crippen LogP contribution in [0.2, 0.25) is 0 Å². The Hall–Kier alpha value is -0.650. The quantitative estimate of drug-likeness (QED) is 0.689. The molecule has 1 fully saturated rings. The van der Waals surface area contributed by atoms with Gasteiger partial charge >= 0.3 is 0 Å². The van der Waals surface area contributed by atoms with Crippen molar-refractivity contribution in [3.05, 3.63) is 0 Å². The molecule has 0 bridgehead atoms. The highest BCUT2D eigenvalue weighted by molar-refractivity contribution is 5.85. The Kier molecular flexibility index (Phi) is 4.29. The summed E-state index contributed by atoms with van der Waals surface area (Å²) in [5.41, 5.74) is -0.795. The summed E-state index contributed by atoms with van der Waals surface area (Å²) >= 11 is 0. The third-order valence-corrected chi connectivity index (χ3v) is 3.55. The normalized spacial score (nSPS) is 28.8. The average Bonchev–Trinajstić information content (AvgIpc) is 2.72. The summed E-state index contributed by atoms with van der Waals surface area (Å²) in [5, 5.41) is 12.8. The van der Waals surface area contributed by atoms with Crippen LogP contribution < -0.4 is 5.32 Å². The molecular weight excluding hydrogens is 208 g/mol. The second-order valence-corrected chi connectivity index (χ2v) is 4.50. The largest absolute Gasteiger partial charge is 0.390 e. The first kappa shape index (κ1) is 13.4. The molecule has 3 atom stereocenters. The number of amides is 1. The topological polar surface area (TPSA) is 61.8 Å². The minimum absolute atomic E-state index is 0.0785. The van der Waals surface area contributed by atoms with Crippen LogP contribution in [-0.4, -0.2) is 60.9 Å². The second-order valence-electron chi connectivity index (χ2n) is 4.50. The molecule has 0 aromatic rings. The van der Waals surface area contributed by atoms with E-state index < -0.39 is 11.7 Å². The first-order valence-corrected chi connectivity index (χ1v) is 5.67. The highest BCUT2D eigenvalue weighted by Gasteiger charge is 2.39. The number of methoxy groups -OCH3 is 1. The van der Waals surface area contributed by atoms with Gasteiger partial charge in [-0.2, -0.15) is 0 Å². The lowest BCUT2D eigenvalue weighted by molar-refractivity contribution is -0.155. The number of aliphatic hydroxyl groups excluding tert-OH is 1. The van der Waals surface area contributed by atoms with Crippen LogP contribution >= 0.6 is 0 Å². The van der Waals surface area contributed by atoms with Crippen molar-refractivity contribution in [2.45, 2.75) is 38.0 Å². The average molecular weight is 230 g/mol. The van der Waals surface area contributed by atoms with Crippen LogP contribution in [0.15, 0.2) is 0 Å². The molecule has 1 aliphatic rings. The van der Waals surface area contributed by atoms with Gasteiger partial charge in [0.15, 0.2) is 0 Å². The van der Waals surface area contributed by atoms with Gasteiger partial charge in [-0.3, -0.25) is 4.79 Å². The summed E-state index contributed by atoms with van der Waals surface area (Å²) in [6.45, 7) is 4.87. The van der Waals surface area contributed by atoms with E-state index in [1.54, 1.807) is 26.0 Å². The number of carbonyl (C=O) groups is 1. The number of nitrogens with zero attached hydrogens (tertiary/aromatic N) is 1. The fourth-order valence-electron chi connectivity index (χ4n) is 1.95. The van der Waals surface area contributed by atoms with Gasteiger partial charge in [-0.05, 0) is 13.3 Å². The van der Waals surface area contributed by atoms with Crippen LogP contribution in [0, 0.1) is 0 Å². The first-order valence-electron chi connectivity index (χ1n) is 5.67. The van der Waals surface area contributed by atoms with Crippen molar-refractivity contribution < 1.29 is 14.6 Å². The molecule has 1 unspecified atom stereocenters. The van der Waals surface area contributed by atoms with E-state index in [9.17, 15) is 9.90 Å². The van der Waals surface area contributed by atoms with Crippen molar-refractivity contribution in [3.8, 4) is 0 Å². The van der Waals surface area contributed by atoms with E-state index in [0.717, 1.165) is 0 Å². The van der Waals surface area contributed by atoms with E-state index >= 15 is 0 Å². The van der Waals surface area contributed by atoms with Gasteiger partial charge in [0, 0.05) is 27.2 Å². The molecule has 0 aromatic heterocycles. The molecule has 0 saturated carbocycles. The fraction of sp³-hybridized carbons (Fsp3) is 0.909. The molecule has 5 nitrogen and oxygen atoms in total. The minimum atomic E-state index is -0.795. The van der Waals surface area contributed by atoms with E-state index in [4.69, 9.17) is 4.74 Å². The van der Waals surface area contributed by atoms with Crippen LogP contribution in [0.1, 0.15) is 20.3 Å². The number of hydrogen-bond donors (Lipinski definition) is 2. The maximum absolute atomic E-state index is 12.2. The monoisotopic (exact) mass is 230 g/mol. The van der Waals surface area contributed by atoms with Gasteiger partial charge in [0.25, 0.3) is 5.91 Å². The van der Waals surface area contributed by atoms with Crippen molar-refractivity contribution in [1.29, 1.82) is 0 Å². The highest BCUT2D eigenvalue weighted by Crippen LogP contribution is 2.20. The zero-order chi connectivity index (χ0) is 12.3. The minimum Gasteiger partial charge on any atom is -0.390 e. The molecule has 0 spiro atoms. The molecule has 1 rings (SSSR count). The van der Waals surface area contributed by atoms with Crippen molar-refractivity contribution in [3.63, 3.8) is 0 Å². The zero-order valence-corrected chi connectivity index (χ0v) is 10.5. The number of nitrogens with one attached hydrogen (secondary N) is 1. The smallest absolute Gasteiger partial charge is 0.254 e. The summed E-state index contributed by atoms with van der Waals surface area (Å²) in [5.74, 6) is -0.0785. The van der Waals surface area contributed by atoms with Gasteiger partial charge < -0.3 is 20.1 Å². The summed E-state index contributed by atoms with van der Waals surface area (Å²) in [7, 11) is 3.26. The lowest BCUT2D eigenvalue weighted by Crippen LogP contribution is -2.53. The molecule has 0 aromatic carbocycles. The Balaban J connectivity index is 2.73. The summed E-state index contributed by atoms with van der Waals surface area (Å²) in [6, 6.07) is -0.159. The lowest BCUT2D eigenvalue weighted by Gasteiger charge is -2.34. The van der Waals surface area contributed by atoms with Gasteiger partial charge in [-0.1, -0.05) is 6.92 Å². The molecule has 1 heterocycles. The number of rotatable bonds is 4. The fourth-order valence-corrected chi connectivity index (χ4v) is 1.95. The number of carbonyl (C=O) groups excluding carboxylic acids is 1. The van der Waals surface area contributed by atoms with Crippen LogP contribution in [-0.2, 0) is 9.53 Å². The maximum atomic E-state index is 12.2. The number of aliphatic hydroxyl groups is 1. The lowest BCUT2D eigenvalue weighted by atomic mass is 10.00. The Morgan fingerprint density at radius 3 is 2.62 bits per heavy atom. The van der Waals surface area contributed by atoms with Gasteiger partial charge in [-0.15, -0.1) is 0 Å². The SMILES string of the molecule is CCC(C)(OC)C(=O)N(C)[C@H]1CNC[C@@H]1O. The van der Waals surface area contributed by atoms with Crippen LogP contribution in [0.5, 0.6) is 0 Å². The molecule has 0 aliphatic carbocycles. The van der Waals surface area contributed by atoms with Gasteiger partial charge in [0.05, 0.1) is 12.1 Å². The number of hydrogen-bond acceptors (Lipinski definition) is 4. The molecule has 94 valence electrons. The number of likely N-dealkylation sites (N-methyl/N-ethyl adjacent to an activating group) is 1. The molecule has 2 N–H and O–H groups in total. The van der Waals surface area contributed by atoms with E-state index in [2.05, 4.69) is 5.32 Å². The summed E-state index contributed by atoms with van der Waals surface area (Å²) in [4.78, 5) is 13.8. The molecule has 5 heteroatoms. The third kappa shape index (κ3) is 2.36. The Labute approximate surface area is 96.8 Å². The van der Waals surface area contributed by atoms with Crippen LogP contribution in [0.4, 0.5) is 0 Å². The predicted molar refractivity (Wildman–Crippen MR) is 61.1 cm³/mol. The zero-order valence-electron chi connectivity index (χ0n) is 10.5. The Morgan fingerprint density at radius 2 is 2.25 bits per heavy atom. The molecule has 1 aliphatic heterocycles. The second kappa shape index (κ2) is 5.12. The molecule has 0 radical (unpaired) electrons. The van der Waals surface area contributed by atoms with Crippen LogP contribution in [0.25, 0.3) is 0 Å². The number of ether oxygens (including phenoxy) is 1. The van der Waals surface area contributed by atoms with Gasteiger partial charge in [-0.25, -0.2) is 0 Å². The van der Waals surface area contributed by atoms with Crippen molar-refractivity contribution in [2.75, 3.05) is 27.2 Å². The van der Waals surface area contributed by atoms with Crippen molar-refractivity contribution in [1.82, 2.24) is 10.2 Å². The molecular formula is C11H22N2O3. The predicted octanol–water partition coefficient (Wildman–Crippen LogP) is -0.407. The molecule has 1 amide bonds. The first-order chi connectivity index (χ1) is 7.46. The van der Waals surface area contributed by atoms with E-state index in [0.29, 0.717) is 19.5 Å². The standard InChI is InChI=1S/C11H22N2O3/c1-5-11(2,16-4)10(15)13(3)8-6-12-7-9(8)14/h8-9,12,14H,5-7H2,1-4H3/t8-,9-,11?/m0/s1. The Bertz CT molecular complexity index is 254. The number of β-amino-alcohol motifs (C(OH)–C–C–N with tert-alkyl or cyclic N) is 1. The van der Waals surface area contributed by atoms with Crippen molar-refractivity contribution in [2.24, 2.45) is 0 Å². The van der Waals surface area contributed by atoms with Gasteiger partial charge in [0.2, 0.25) is 0 Å². The molecule has 16 heavy (non-hydrogen) atoms. The van der Waals surface area contributed by atoms with Gasteiger partial charge in [0.1, 0.15) is 5.60 Å². The van der Waals surface area contributed by atoms with E-state index in [-0.39, 0.29) is 11.9 Å².